The zero-order valence-corrected chi connectivity index (χ0v) is 15.2. The first-order valence-corrected chi connectivity index (χ1v) is 8.92. The van der Waals surface area contributed by atoms with Crippen molar-refractivity contribution in [2.24, 2.45) is 10.2 Å². The molecule has 1 saturated heterocycles. The van der Waals surface area contributed by atoms with E-state index in [2.05, 4.69) is 10.2 Å². The Bertz CT molecular complexity index is 835. The molecule has 3 rings (SSSR count). The number of methoxy groups -OCH3 is 1. The van der Waals surface area contributed by atoms with Crippen LogP contribution in [0, 0.1) is 5.82 Å². The van der Waals surface area contributed by atoms with Crippen molar-refractivity contribution in [3.05, 3.63) is 65.5 Å². The van der Waals surface area contributed by atoms with Crippen molar-refractivity contribution in [2.75, 3.05) is 7.11 Å². The number of amides is 1. The van der Waals surface area contributed by atoms with Gasteiger partial charge in [-0.25, -0.2) is 4.39 Å². The molecule has 0 radical (unpaired) electrons. The maximum Gasteiger partial charge on any atom is 0.242 e. The van der Waals surface area contributed by atoms with Crippen molar-refractivity contribution in [1.29, 1.82) is 0 Å². The van der Waals surface area contributed by atoms with Crippen molar-refractivity contribution in [3.63, 3.8) is 0 Å². The van der Waals surface area contributed by atoms with Gasteiger partial charge in [0.1, 0.15) is 11.6 Å². The summed E-state index contributed by atoms with van der Waals surface area (Å²) in [6, 6.07) is 13.5. The molecule has 7 heteroatoms. The predicted octanol–water partition coefficient (Wildman–Crippen LogP) is 3.69. The number of carbonyl (C=O) groups is 1. The molecular formula is C19H18FN3O2S. The molecule has 2 aromatic rings. The first kappa shape index (κ1) is 18.1. The lowest BCUT2D eigenvalue weighted by Gasteiger charge is -2.15. The molecule has 0 bridgehead atoms. The third-order valence-electron chi connectivity index (χ3n) is 3.85. The highest BCUT2D eigenvalue weighted by Gasteiger charge is 2.35. The smallest absolute Gasteiger partial charge is 0.242 e. The van der Waals surface area contributed by atoms with Crippen LogP contribution in [0.1, 0.15) is 18.1 Å². The summed E-state index contributed by atoms with van der Waals surface area (Å²) >= 11 is 1.36. The number of hydrogen-bond acceptors (Lipinski definition) is 5. The third-order valence-corrected chi connectivity index (χ3v) is 4.91. The number of hydrogen-bond donors (Lipinski definition) is 0. The largest absolute Gasteiger partial charge is 0.497 e. The van der Waals surface area contributed by atoms with Crippen LogP contribution in [0.4, 0.5) is 4.39 Å². The second-order valence-corrected chi connectivity index (χ2v) is 7.02. The van der Waals surface area contributed by atoms with E-state index >= 15 is 0 Å². The molecule has 26 heavy (non-hydrogen) atoms. The fourth-order valence-electron chi connectivity index (χ4n) is 2.42. The number of thioether (sulfide) groups is 1. The van der Waals surface area contributed by atoms with Crippen molar-refractivity contribution < 1.29 is 13.9 Å². The maximum atomic E-state index is 13.1. The van der Waals surface area contributed by atoms with Gasteiger partial charge in [-0.2, -0.15) is 5.10 Å². The van der Waals surface area contributed by atoms with Crippen LogP contribution >= 0.6 is 11.8 Å². The number of ether oxygens (including phenoxy) is 1. The molecule has 1 fully saturated rings. The van der Waals surface area contributed by atoms with Gasteiger partial charge in [0.2, 0.25) is 5.91 Å². The molecule has 1 heterocycles. The monoisotopic (exact) mass is 371 g/mol. The molecule has 0 spiro atoms. The van der Waals surface area contributed by atoms with Crippen molar-refractivity contribution in [1.82, 2.24) is 4.90 Å². The van der Waals surface area contributed by atoms with Crippen LogP contribution < -0.4 is 4.74 Å². The molecule has 1 amide bonds. The van der Waals surface area contributed by atoms with Gasteiger partial charge < -0.3 is 4.74 Å². The molecule has 1 atom stereocenters. The Morgan fingerprint density at radius 1 is 1.19 bits per heavy atom. The standard InChI is InChI=1S/C19H18FN3O2S/c1-13-18(24)23(12-15-3-7-16(20)8-4-15)19(26-13)22-21-11-14-5-9-17(25-2)10-6-14/h3-11,13H,12H2,1-2H3/b21-11-,22-19-/t13-/m0/s1. The van der Waals surface area contributed by atoms with Gasteiger partial charge in [0, 0.05) is 0 Å². The minimum atomic E-state index is -0.303. The Kier molecular flexibility index (Phi) is 5.68. The predicted molar refractivity (Wildman–Crippen MR) is 102 cm³/mol. The molecule has 134 valence electrons. The third kappa shape index (κ3) is 4.29. The molecule has 2 aromatic carbocycles. The Labute approximate surface area is 155 Å². The number of carbonyl (C=O) groups excluding carboxylic acids is 1. The van der Waals surface area contributed by atoms with Gasteiger partial charge in [-0.3, -0.25) is 9.69 Å². The van der Waals surface area contributed by atoms with Crippen molar-refractivity contribution in [2.45, 2.75) is 18.7 Å². The van der Waals surface area contributed by atoms with E-state index in [0.717, 1.165) is 16.9 Å². The van der Waals surface area contributed by atoms with Crippen LogP contribution in [-0.2, 0) is 11.3 Å². The quantitative estimate of drug-likeness (QED) is 0.595. The number of benzene rings is 2. The van der Waals surface area contributed by atoms with E-state index in [1.165, 1.54) is 23.9 Å². The first-order valence-electron chi connectivity index (χ1n) is 8.04. The fraction of sp³-hybridized carbons (Fsp3) is 0.211. The van der Waals surface area contributed by atoms with Crippen LogP contribution in [-0.4, -0.2) is 34.5 Å². The molecular weight excluding hydrogens is 353 g/mol. The zero-order chi connectivity index (χ0) is 18.5. The second-order valence-electron chi connectivity index (χ2n) is 5.71. The summed E-state index contributed by atoms with van der Waals surface area (Å²) in [5, 5.41) is 8.63. The first-order chi connectivity index (χ1) is 12.6. The SMILES string of the molecule is COc1ccc(/C=N\N=C2/S[C@@H](C)C(=O)N2Cc2ccc(F)cc2)cc1. The van der Waals surface area contributed by atoms with E-state index in [1.54, 1.807) is 30.4 Å². The van der Waals surface area contributed by atoms with E-state index in [-0.39, 0.29) is 17.0 Å². The van der Waals surface area contributed by atoms with E-state index in [0.29, 0.717) is 11.7 Å². The molecule has 0 unspecified atom stereocenters. The lowest BCUT2D eigenvalue weighted by molar-refractivity contribution is -0.126. The summed E-state index contributed by atoms with van der Waals surface area (Å²) in [7, 11) is 1.61. The summed E-state index contributed by atoms with van der Waals surface area (Å²) in [5.41, 5.74) is 1.71. The molecule has 0 aromatic heterocycles. The number of amidine groups is 1. The second kappa shape index (κ2) is 8.14. The van der Waals surface area contributed by atoms with Crippen LogP contribution in [0.25, 0.3) is 0 Å². The fourth-order valence-corrected chi connectivity index (χ4v) is 3.34. The minimum absolute atomic E-state index is 0.0299. The summed E-state index contributed by atoms with van der Waals surface area (Å²) < 4.78 is 18.2. The van der Waals surface area contributed by atoms with Crippen molar-refractivity contribution in [3.8, 4) is 5.75 Å². The Balaban J connectivity index is 1.74. The maximum absolute atomic E-state index is 13.1. The van der Waals surface area contributed by atoms with Gasteiger partial charge in [0.15, 0.2) is 5.17 Å². The topological polar surface area (TPSA) is 54.3 Å². The zero-order valence-electron chi connectivity index (χ0n) is 14.4. The van der Waals surface area contributed by atoms with Gasteiger partial charge in [-0.1, -0.05) is 23.9 Å². The summed E-state index contributed by atoms with van der Waals surface area (Å²) in [5.74, 6) is 0.435. The highest BCUT2D eigenvalue weighted by molar-refractivity contribution is 8.15. The van der Waals surface area contributed by atoms with Crippen LogP contribution in [0.2, 0.25) is 0 Å². The van der Waals surface area contributed by atoms with Crippen molar-refractivity contribution >= 4 is 29.1 Å². The van der Waals surface area contributed by atoms with E-state index in [1.807, 2.05) is 31.2 Å². The highest BCUT2D eigenvalue weighted by atomic mass is 32.2. The Morgan fingerprint density at radius 3 is 2.54 bits per heavy atom. The highest BCUT2D eigenvalue weighted by Crippen LogP contribution is 2.28. The van der Waals surface area contributed by atoms with E-state index in [4.69, 9.17) is 4.74 Å². The van der Waals surface area contributed by atoms with Crippen LogP contribution in [0.15, 0.2) is 58.7 Å². The van der Waals surface area contributed by atoms with Crippen LogP contribution in [0.5, 0.6) is 5.75 Å². The Morgan fingerprint density at radius 2 is 1.88 bits per heavy atom. The molecule has 0 N–H and O–H groups in total. The number of rotatable bonds is 5. The normalized spacial score (nSPS) is 18.9. The Hall–Kier alpha value is -2.67. The molecule has 5 nitrogen and oxygen atoms in total. The summed E-state index contributed by atoms with van der Waals surface area (Å²) in [6.45, 7) is 2.17. The number of nitrogens with zero attached hydrogens (tertiary/aromatic N) is 3. The average molecular weight is 371 g/mol. The number of halogens is 1. The molecule has 0 aliphatic carbocycles. The summed E-state index contributed by atoms with van der Waals surface area (Å²) in [6.07, 6.45) is 1.62. The van der Waals surface area contributed by atoms with Gasteiger partial charge in [-0.05, 0) is 54.4 Å². The van der Waals surface area contributed by atoms with Gasteiger partial charge in [0.05, 0.1) is 25.1 Å². The lowest BCUT2D eigenvalue weighted by Crippen LogP contribution is -2.30. The summed E-state index contributed by atoms with van der Waals surface area (Å²) in [4.78, 5) is 14.0. The molecule has 1 aliphatic heterocycles. The average Bonchev–Trinajstić information content (AvgIpc) is 2.92. The lowest BCUT2D eigenvalue weighted by atomic mass is 10.2. The minimum Gasteiger partial charge on any atom is -0.497 e. The molecule has 0 saturated carbocycles. The van der Waals surface area contributed by atoms with Gasteiger partial charge in [0.25, 0.3) is 0 Å². The molecule has 1 aliphatic rings. The van der Waals surface area contributed by atoms with E-state index < -0.39 is 0 Å². The van der Waals surface area contributed by atoms with E-state index in [9.17, 15) is 9.18 Å². The van der Waals surface area contributed by atoms with Crippen LogP contribution in [0.3, 0.4) is 0 Å². The van der Waals surface area contributed by atoms with Gasteiger partial charge >= 0.3 is 0 Å². The van der Waals surface area contributed by atoms with Gasteiger partial charge in [-0.15, -0.1) is 5.10 Å².